The predicted octanol–water partition coefficient (Wildman–Crippen LogP) is 11.9. The number of hydrogen-bond donors (Lipinski definition) is 3. The van der Waals surface area contributed by atoms with E-state index in [1.165, 1.54) is 29.5 Å². The normalized spacial score (nSPS) is 13.0. The number of carbonyl (C=O) groups is 2. The molecule has 5 atom stereocenters. The number of benzene rings is 5. The Bertz CT molecular complexity index is 2420. The number of thiophene rings is 1. The maximum absolute atomic E-state index is 14.2. The highest BCUT2D eigenvalue weighted by atomic mass is 32.1. The van der Waals surface area contributed by atoms with Crippen molar-refractivity contribution in [2.24, 2.45) is 11.8 Å². The summed E-state index contributed by atoms with van der Waals surface area (Å²) in [5, 5.41) is 38.1. The zero-order valence-corrected chi connectivity index (χ0v) is 35.0. The van der Waals surface area contributed by atoms with Crippen molar-refractivity contribution in [2.75, 3.05) is 10.6 Å². The molecular formula is C49H47FN4O6S. The number of nitriles is 2. The second-order valence-electron chi connectivity index (χ2n) is 14.6. The van der Waals surface area contributed by atoms with Gasteiger partial charge in [0.05, 0.1) is 17.0 Å². The number of carboxylic acid groups (broad SMARTS) is 1. The SMILES string of the molecule is CC(C)C(Nc1ccccc1)C(=O)OC(C#N)c1ccc(F)c(Oc2ccccc2)c1.Cc1csc(NC(C(=O)O)C(C)CC(C#N)c2cccc(Oc3ccccc3)c2)c1. The maximum atomic E-state index is 14.2. The Balaban J connectivity index is 0.000000231. The molecule has 61 heavy (non-hydrogen) atoms. The third-order valence-electron chi connectivity index (χ3n) is 9.46. The average Bonchev–Trinajstić information content (AvgIpc) is 3.69. The van der Waals surface area contributed by atoms with Crippen molar-refractivity contribution < 1.29 is 33.3 Å². The predicted molar refractivity (Wildman–Crippen MR) is 235 cm³/mol. The van der Waals surface area contributed by atoms with Crippen molar-refractivity contribution in [3.8, 4) is 35.1 Å². The molecule has 1 heterocycles. The molecule has 10 nitrogen and oxygen atoms in total. The first-order valence-corrected chi connectivity index (χ1v) is 20.5. The minimum atomic E-state index is -1.20. The van der Waals surface area contributed by atoms with E-state index >= 15 is 0 Å². The number of halogens is 1. The van der Waals surface area contributed by atoms with Crippen molar-refractivity contribution in [1.29, 1.82) is 10.5 Å². The molecule has 0 amide bonds. The van der Waals surface area contributed by atoms with E-state index in [0.29, 0.717) is 23.5 Å². The van der Waals surface area contributed by atoms with Crippen molar-refractivity contribution in [3.63, 3.8) is 0 Å². The lowest BCUT2D eigenvalue weighted by molar-refractivity contribution is -0.149. The van der Waals surface area contributed by atoms with Gasteiger partial charge in [-0.2, -0.15) is 10.5 Å². The lowest BCUT2D eigenvalue weighted by atomic mass is 9.86. The lowest BCUT2D eigenvalue weighted by Gasteiger charge is -2.23. The zero-order valence-electron chi connectivity index (χ0n) is 34.2. The van der Waals surface area contributed by atoms with Gasteiger partial charge in [0.15, 0.2) is 11.6 Å². The average molecular weight is 839 g/mol. The third-order valence-corrected chi connectivity index (χ3v) is 10.4. The molecule has 0 aliphatic heterocycles. The Morgan fingerprint density at radius 1 is 0.721 bits per heavy atom. The number of rotatable bonds is 17. The van der Waals surface area contributed by atoms with Crippen LogP contribution in [0.1, 0.15) is 55.9 Å². The van der Waals surface area contributed by atoms with Gasteiger partial charge in [0.25, 0.3) is 0 Å². The number of nitrogens with zero attached hydrogens (tertiary/aromatic N) is 2. The largest absolute Gasteiger partial charge is 0.480 e. The van der Waals surface area contributed by atoms with Crippen LogP contribution in [-0.2, 0) is 14.3 Å². The number of para-hydroxylation sites is 3. The van der Waals surface area contributed by atoms with Crippen LogP contribution in [0.5, 0.6) is 23.0 Å². The van der Waals surface area contributed by atoms with Crippen LogP contribution in [0, 0.1) is 47.2 Å². The molecule has 12 heteroatoms. The molecule has 0 radical (unpaired) electrons. The van der Waals surface area contributed by atoms with E-state index in [4.69, 9.17) is 14.2 Å². The number of aliphatic carboxylic acids is 1. The van der Waals surface area contributed by atoms with Crippen LogP contribution in [0.2, 0.25) is 0 Å². The Morgan fingerprint density at radius 3 is 1.92 bits per heavy atom. The first-order valence-electron chi connectivity index (χ1n) is 19.6. The van der Waals surface area contributed by atoms with Gasteiger partial charge in [0, 0.05) is 11.3 Å². The van der Waals surface area contributed by atoms with Crippen molar-refractivity contribution >= 4 is 34.0 Å². The van der Waals surface area contributed by atoms with E-state index in [1.807, 2.05) is 136 Å². The van der Waals surface area contributed by atoms with Gasteiger partial charge < -0.3 is 30.0 Å². The van der Waals surface area contributed by atoms with E-state index in [2.05, 4.69) is 16.7 Å². The highest BCUT2D eigenvalue weighted by Gasteiger charge is 2.29. The van der Waals surface area contributed by atoms with Crippen LogP contribution < -0.4 is 20.1 Å². The monoisotopic (exact) mass is 838 g/mol. The molecule has 312 valence electrons. The highest BCUT2D eigenvalue weighted by molar-refractivity contribution is 7.14. The molecule has 0 saturated heterocycles. The number of ether oxygens (including phenoxy) is 3. The quantitative estimate of drug-likeness (QED) is 0.0756. The third kappa shape index (κ3) is 13.4. The molecule has 6 rings (SSSR count). The first-order chi connectivity index (χ1) is 29.4. The number of esters is 1. The summed E-state index contributed by atoms with van der Waals surface area (Å²) in [4.78, 5) is 24.7. The van der Waals surface area contributed by atoms with Crippen molar-refractivity contribution in [3.05, 3.63) is 167 Å². The van der Waals surface area contributed by atoms with Crippen LogP contribution in [0.4, 0.5) is 15.1 Å². The van der Waals surface area contributed by atoms with Crippen molar-refractivity contribution in [2.45, 2.75) is 58.2 Å². The van der Waals surface area contributed by atoms with Crippen LogP contribution in [0.25, 0.3) is 0 Å². The molecule has 0 bridgehead atoms. The molecule has 1 aromatic heterocycles. The Hall–Kier alpha value is -7.15. The first kappa shape index (κ1) is 44.9. The van der Waals surface area contributed by atoms with Crippen LogP contribution >= 0.6 is 11.3 Å². The standard InChI is InChI=1S/C25H23FN2O3.C24H24N2O3S/c1-17(2)24(28-19-9-5-3-6-10-19)25(29)31-23(16-27)18-13-14-21(26)22(15-18)30-20-11-7-4-8-12-20;1-16-11-22(30-15-16)26-23(24(27)28)17(2)12-19(14-25)18-7-6-10-21(13-18)29-20-8-4-3-5-9-20/h3-15,17,23-24,28H,1-2H3;3-11,13,15,17,19,23,26H,12H2,1-2H3,(H,27,28). The molecule has 5 unspecified atom stereocenters. The summed E-state index contributed by atoms with van der Waals surface area (Å²) in [7, 11) is 0. The second kappa shape index (κ2) is 22.3. The van der Waals surface area contributed by atoms with Gasteiger partial charge >= 0.3 is 11.9 Å². The summed E-state index contributed by atoms with van der Waals surface area (Å²) in [5.41, 5.74) is 3.00. The summed E-state index contributed by atoms with van der Waals surface area (Å²) >= 11 is 1.48. The number of carboxylic acids is 1. The fourth-order valence-corrected chi connectivity index (χ4v) is 7.07. The van der Waals surface area contributed by atoms with Gasteiger partial charge in [-0.1, -0.05) is 93.6 Å². The van der Waals surface area contributed by atoms with Gasteiger partial charge in [-0.25, -0.2) is 14.0 Å². The number of anilines is 2. The molecule has 6 aromatic rings. The topological polar surface area (TPSA) is 154 Å². The van der Waals surface area contributed by atoms with E-state index in [-0.39, 0.29) is 17.6 Å². The molecule has 0 aliphatic rings. The summed E-state index contributed by atoms with van der Waals surface area (Å²) in [5.74, 6) is -1.09. The van der Waals surface area contributed by atoms with Gasteiger partial charge in [-0.05, 0) is 108 Å². The Morgan fingerprint density at radius 2 is 1.34 bits per heavy atom. The molecule has 0 spiro atoms. The molecule has 0 aliphatic carbocycles. The fourth-order valence-electron chi connectivity index (χ4n) is 6.25. The molecule has 0 fully saturated rings. The van der Waals surface area contributed by atoms with E-state index in [9.17, 15) is 29.6 Å². The summed E-state index contributed by atoms with van der Waals surface area (Å²) in [6.45, 7) is 7.60. The molecular weight excluding hydrogens is 792 g/mol. The van der Waals surface area contributed by atoms with Crippen molar-refractivity contribution in [1.82, 2.24) is 0 Å². The second-order valence-corrected chi connectivity index (χ2v) is 15.5. The number of hydrogen-bond acceptors (Lipinski definition) is 10. The molecule has 0 saturated carbocycles. The van der Waals surface area contributed by atoms with Crippen LogP contribution in [0.3, 0.4) is 0 Å². The number of nitrogens with one attached hydrogen (secondary N) is 2. The highest BCUT2D eigenvalue weighted by Crippen LogP contribution is 2.32. The van der Waals surface area contributed by atoms with Crippen LogP contribution in [-0.4, -0.2) is 29.1 Å². The molecule has 3 N–H and O–H groups in total. The smallest absolute Gasteiger partial charge is 0.330 e. The Kier molecular flexibility index (Phi) is 16.4. The lowest BCUT2D eigenvalue weighted by Crippen LogP contribution is -2.36. The maximum Gasteiger partial charge on any atom is 0.330 e. The molecule has 5 aromatic carbocycles. The Labute approximate surface area is 359 Å². The summed E-state index contributed by atoms with van der Waals surface area (Å²) < 4.78 is 31.2. The van der Waals surface area contributed by atoms with Crippen LogP contribution in [0.15, 0.2) is 145 Å². The minimum Gasteiger partial charge on any atom is -0.480 e. The minimum absolute atomic E-state index is 0.0529. The number of aryl methyl sites for hydroxylation is 1. The van der Waals surface area contributed by atoms with E-state index in [0.717, 1.165) is 27.6 Å². The van der Waals surface area contributed by atoms with Gasteiger partial charge in [-0.3, -0.25) is 0 Å². The summed E-state index contributed by atoms with van der Waals surface area (Å²) in [6, 6.07) is 43.6. The van der Waals surface area contributed by atoms with E-state index < -0.39 is 41.9 Å². The van der Waals surface area contributed by atoms with Gasteiger partial charge in [0.1, 0.15) is 35.4 Å². The summed E-state index contributed by atoms with van der Waals surface area (Å²) in [6.07, 6.45) is -0.787. The number of carbonyl (C=O) groups excluding carboxylic acids is 1. The van der Waals surface area contributed by atoms with Gasteiger partial charge in [-0.15, -0.1) is 11.3 Å². The van der Waals surface area contributed by atoms with Gasteiger partial charge in [0.2, 0.25) is 6.10 Å². The zero-order chi connectivity index (χ0) is 43.7. The fraction of sp³-hybridized carbons (Fsp3) is 0.224. The van der Waals surface area contributed by atoms with E-state index in [1.54, 1.807) is 24.3 Å².